The largest absolute Gasteiger partial charge is 0.382 e. The van der Waals surface area contributed by atoms with Crippen molar-refractivity contribution < 1.29 is 4.79 Å². The topological polar surface area (TPSA) is 108 Å². The number of hydrogen-bond donors (Lipinski definition) is 3. The van der Waals surface area contributed by atoms with Crippen molar-refractivity contribution in [2.75, 3.05) is 11.1 Å². The van der Waals surface area contributed by atoms with Crippen molar-refractivity contribution in [3.05, 3.63) is 17.7 Å². The van der Waals surface area contributed by atoms with Crippen molar-refractivity contribution in [3.8, 4) is 6.07 Å². The van der Waals surface area contributed by atoms with E-state index in [-0.39, 0.29) is 0 Å². The third-order valence-corrected chi connectivity index (χ3v) is 2.05. The number of carbonyl (C=O) groups is 1. The summed E-state index contributed by atoms with van der Waals surface area (Å²) in [4.78, 5) is 10.4. The molecule has 0 bridgehead atoms. The van der Waals surface area contributed by atoms with E-state index in [1.807, 2.05) is 6.07 Å². The van der Waals surface area contributed by atoms with Gasteiger partial charge in [-0.2, -0.15) is 10.4 Å². The molecule has 1 aromatic carbocycles. The van der Waals surface area contributed by atoms with Gasteiger partial charge in [0.25, 0.3) is 0 Å². The van der Waals surface area contributed by atoms with E-state index in [9.17, 15) is 4.79 Å². The first-order valence-corrected chi connectivity index (χ1v) is 4.14. The molecule has 74 valence electrons. The summed E-state index contributed by atoms with van der Waals surface area (Å²) in [5.41, 5.74) is 7.11. The second-order valence-corrected chi connectivity index (χ2v) is 2.93. The average Bonchev–Trinajstić information content (AvgIpc) is 2.61. The van der Waals surface area contributed by atoms with Gasteiger partial charge in [0.2, 0.25) is 6.41 Å². The Kier molecular flexibility index (Phi) is 1.99. The smallest absolute Gasteiger partial charge is 0.211 e. The molecule has 4 N–H and O–H groups in total. The maximum absolute atomic E-state index is 10.4. The molecular formula is C9H7N5O. The summed E-state index contributed by atoms with van der Waals surface area (Å²) >= 11 is 0. The molecule has 0 unspecified atom stereocenters. The highest BCUT2D eigenvalue weighted by Crippen LogP contribution is 2.26. The molecule has 0 atom stereocenters. The maximum Gasteiger partial charge on any atom is 0.211 e. The van der Waals surface area contributed by atoms with Crippen LogP contribution in [-0.2, 0) is 4.79 Å². The predicted octanol–water partition coefficient (Wildman–Crippen LogP) is 0.585. The van der Waals surface area contributed by atoms with Crippen LogP contribution in [-0.4, -0.2) is 16.6 Å². The molecule has 1 amide bonds. The fourth-order valence-corrected chi connectivity index (χ4v) is 1.38. The van der Waals surface area contributed by atoms with Gasteiger partial charge in [-0.05, 0) is 12.1 Å². The summed E-state index contributed by atoms with van der Waals surface area (Å²) < 4.78 is 0. The Morgan fingerprint density at radius 3 is 3.07 bits per heavy atom. The molecular weight excluding hydrogens is 194 g/mol. The van der Waals surface area contributed by atoms with E-state index in [0.29, 0.717) is 34.4 Å². The monoisotopic (exact) mass is 201 g/mol. The normalized spacial score (nSPS) is 9.80. The number of hydrogen-bond acceptors (Lipinski definition) is 4. The molecule has 1 aromatic heterocycles. The molecule has 0 saturated carbocycles. The molecule has 0 aliphatic rings. The fraction of sp³-hybridized carbons (Fsp3) is 0. The molecule has 0 radical (unpaired) electrons. The van der Waals surface area contributed by atoms with Crippen molar-refractivity contribution in [1.29, 1.82) is 5.26 Å². The van der Waals surface area contributed by atoms with Crippen LogP contribution in [0.15, 0.2) is 12.1 Å². The highest BCUT2D eigenvalue weighted by Gasteiger charge is 2.08. The summed E-state index contributed by atoms with van der Waals surface area (Å²) in [6.45, 7) is 0. The number of anilines is 2. The number of H-pyrrole nitrogens is 1. The van der Waals surface area contributed by atoms with Crippen molar-refractivity contribution in [1.82, 2.24) is 10.2 Å². The minimum atomic E-state index is 0.302. The van der Waals surface area contributed by atoms with E-state index in [1.165, 1.54) is 0 Å². The highest BCUT2D eigenvalue weighted by atomic mass is 16.1. The number of nitrogens with one attached hydrogen (secondary N) is 2. The quantitative estimate of drug-likeness (QED) is 0.617. The van der Waals surface area contributed by atoms with Gasteiger partial charge in [0.1, 0.15) is 0 Å². The van der Waals surface area contributed by atoms with Crippen LogP contribution in [0.4, 0.5) is 11.5 Å². The summed E-state index contributed by atoms with van der Waals surface area (Å²) in [6, 6.07) is 5.15. The van der Waals surface area contributed by atoms with E-state index >= 15 is 0 Å². The molecule has 0 aliphatic carbocycles. The molecule has 0 saturated heterocycles. The van der Waals surface area contributed by atoms with E-state index < -0.39 is 0 Å². The lowest BCUT2D eigenvalue weighted by Gasteiger charge is -2.00. The first-order chi connectivity index (χ1) is 7.26. The van der Waals surface area contributed by atoms with Crippen LogP contribution in [0.25, 0.3) is 10.9 Å². The fourth-order valence-electron chi connectivity index (χ4n) is 1.38. The van der Waals surface area contributed by atoms with E-state index in [2.05, 4.69) is 15.5 Å². The lowest BCUT2D eigenvalue weighted by Crippen LogP contribution is -1.95. The van der Waals surface area contributed by atoms with E-state index in [1.54, 1.807) is 12.1 Å². The number of nitrogens with two attached hydrogens (primary N) is 1. The van der Waals surface area contributed by atoms with Crippen LogP contribution in [0.3, 0.4) is 0 Å². The first kappa shape index (κ1) is 9.02. The molecule has 6 nitrogen and oxygen atoms in total. The van der Waals surface area contributed by atoms with Gasteiger partial charge in [-0.1, -0.05) is 0 Å². The van der Waals surface area contributed by atoms with Gasteiger partial charge < -0.3 is 11.1 Å². The number of nitrogen functional groups attached to an aromatic ring is 1. The number of aromatic amines is 1. The Hall–Kier alpha value is -2.55. The zero-order chi connectivity index (χ0) is 10.8. The van der Waals surface area contributed by atoms with Gasteiger partial charge >= 0.3 is 0 Å². The zero-order valence-corrected chi connectivity index (χ0v) is 7.61. The highest BCUT2D eigenvalue weighted by molar-refractivity contribution is 6.00. The molecule has 1 heterocycles. The van der Waals surface area contributed by atoms with Gasteiger partial charge in [0, 0.05) is 5.39 Å². The number of carbonyl (C=O) groups excluding carboxylic acids is 1. The Bertz CT molecular complexity index is 566. The first-order valence-electron chi connectivity index (χ1n) is 4.14. The molecule has 0 fully saturated rings. The van der Waals surface area contributed by atoms with Crippen molar-refractivity contribution >= 4 is 28.8 Å². The van der Waals surface area contributed by atoms with Crippen molar-refractivity contribution in [2.24, 2.45) is 0 Å². The van der Waals surface area contributed by atoms with Crippen molar-refractivity contribution in [3.63, 3.8) is 0 Å². The number of nitriles is 1. The van der Waals surface area contributed by atoms with Gasteiger partial charge in [-0.15, -0.1) is 0 Å². The van der Waals surface area contributed by atoms with Gasteiger partial charge in [0.05, 0.1) is 22.8 Å². The molecule has 15 heavy (non-hydrogen) atoms. The minimum absolute atomic E-state index is 0.302. The summed E-state index contributed by atoms with van der Waals surface area (Å²) in [6.07, 6.45) is 0.535. The van der Waals surface area contributed by atoms with Crippen LogP contribution in [0.1, 0.15) is 5.56 Å². The van der Waals surface area contributed by atoms with Crippen molar-refractivity contribution in [2.45, 2.75) is 0 Å². The second kappa shape index (κ2) is 3.31. The SMILES string of the molecule is N#Cc1cc(NC=O)c2[nH]nc(N)c2c1. The second-order valence-electron chi connectivity index (χ2n) is 2.93. The number of amides is 1. The maximum atomic E-state index is 10.4. The summed E-state index contributed by atoms with van der Waals surface area (Å²) in [5, 5.41) is 18.4. The lowest BCUT2D eigenvalue weighted by molar-refractivity contribution is -0.105. The summed E-state index contributed by atoms with van der Waals surface area (Å²) in [5.74, 6) is 0.302. The van der Waals surface area contributed by atoms with Crippen LogP contribution in [0.2, 0.25) is 0 Å². The van der Waals surface area contributed by atoms with Crippen LogP contribution >= 0.6 is 0 Å². The Morgan fingerprint density at radius 2 is 2.40 bits per heavy atom. The molecule has 0 aliphatic heterocycles. The van der Waals surface area contributed by atoms with Crippen LogP contribution < -0.4 is 11.1 Å². The predicted molar refractivity (Wildman–Crippen MR) is 54.9 cm³/mol. The number of rotatable bonds is 2. The zero-order valence-electron chi connectivity index (χ0n) is 7.61. The lowest BCUT2D eigenvalue weighted by atomic mass is 10.1. The summed E-state index contributed by atoms with van der Waals surface area (Å²) in [7, 11) is 0. The van der Waals surface area contributed by atoms with E-state index in [4.69, 9.17) is 11.0 Å². The molecule has 2 aromatic rings. The average molecular weight is 201 g/mol. The van der Waals surface area contributed by atoms with Gasteiger partial charge in [-0.3, -0.25) is 9.89 Å². The van der Waals surface area contributed by atoms with E-state index in [0.717, 1.165) is 0 Å². The third kappa shape index (κ3) is 1.36. The van der Waals surface area contributed by atoms with Gasteiger partial charge in [-0.25, -0.2) is 0 Å². The van der Waals surface area contributed by atoms with Gasteiger partial charge in [0.15, 0.2) is 5.82 Å². The Labute approximate surface area is 84.7 Å². The number of benzene rings is 1. The Morgan fingerprint density at radius 1 is 1.60 bits per heavy atom. The number of nitrogens with zero attached hydrogens (tertiary/aromatic N) is 2. The molecule has 2 rings (SSSR count). The number of aromatic nitrogens is 2. The Balaban J connectivity index is 2.77. The third-order valence-electron chi connectivity index (χ3n) is 2.05. The molecule has 0 spiro atoms. The molecule has 6 heteroatoms. The van der Waals surface area contributed by atoms with Crippen LogP contribution in [0, 0.1) is 11.3 Å². The number of fused-ring (bicyclic) bond motifs is 1. The standard InChI is InChI=1S/C9H7N5O/c10-3-5-1-6-8(13-14-9(6)11)7(2-5)12-4-15/h1-2,4H,(H,12,15)(H3,11,13,14). The minimum Gasteiger partial charge on any atom is -0.382 e. The van der Waals surface area contributed by atoms with Crippen LogP contribution in [0.5, 0.6) is 0 Å².